The van der Waals surface area contributed by atoms with Crippen LogP contribution in [0.4, 0.5) is 5.13 Å². The molecule has 0 fully saturated rings. The standard InChI is InChI=1S/C17H17BrN2S/c1-10(2)16-15(21-17(19)20-16)9-11-7-8-14(18)13-6-4-3-5-12(11)13/h3-8,10H,9H2,1-2H3,(H2,19,20). The van der Waals surface area contributed by atoms with Gasteiger partial charge in [0, 0.05) is 15.8 Å². The number of rotatable bonds is 3. The van der Waals surface area contributed by atoms with Crippen molar-refractivity contribution in [3.63, 3.8) is 0 Å². The maximum Gasteiger partial charge on any atom is 0.180 e. The highest BCUT2D eigenvalue weighted by molar-refractivity contribution is 9.10. The van der Waals surface area contributed by atoms with Gasteiger partial charge in [0.1, 0.15) is 0 Å². The van der Waals surface area contributed by atoms with E-state index in [0.29, 0.717) is 11.0 Å². The predicted molar refractivity (Wildman–Crippen MR) is 95.1 cm³/mol. The molecule has 0 aliphatic rings. The van der Waals surface area contributed by atoms with Crippen LogP contribution in [0.2, 0.25) is 0 Å². The lowest BCUT2D eigenvalue weighted by Gasteiger charge is -2.09. The summed E-state index contributed by atoms with van der Waals surface area (Å²) in [6.45, 7) is 4.33. The van der Waals surface area contributed by atoms with Crippen molar-refractivity contribution >= 4 is 43.2 Å². The average molecular weight is 361 g/mol. The first-order chi connectivity index (χ1) is 10.1. The molecule has 108 valence electrons. The number of hydrogen-bond acceptors (Lipinski definition) is 3. The van der Waals surface area contributed by atoms with Gasteiger partial charge in [-0.2, -0.15) is 0 Å². The Kier molecular flexibility index (Phi) is 4.00. The van der Waals surface area contributed by atoms with Crippen LogP contribution >= 0.6 is 27.3 Å². The highest BCUT2D eigenvalue weighted by Gasteiger charge is 2.14. The number of benzene rings is 2. The van der Waals surface area contributed by atoms with E-state index in [1.54, 1.807) is 11.3 Å². The van der Waals surface area contributed by atoms with Crippen LogP contribution in [0.3, 0.4) is 0 Å². The Morgan fingerprint density at radius 3 is 2.57 bits per heavy atom. The minimum atomic E-state index is 0.398. The summed E-state index contributed by atoms with van der Waals surface area (Å²) in [5.41, 5.74) is 8.36. The van der Waals surface area contributed by atoms with Crippen molar-refractivity contribution in [2.75, 3.05) is 5.73 Å². The van der Waals surface area contributed by atoms with E-state index < -0.39 is 0 Å². The first-order valence-corrected chi connectivity index (χ1v) is 8.58. The Hall–Kier alpha value is -1.39. The number of fused-ring (bicyclic) bond motifs is 1. The molecule has 3 rings (SSSR count). The van der Waals surface area contributed by atoms with E-state index in [1.807, 2.05) is 0 Å². The molecular weight excluding hydrogens is 344 g/mol. The van der Waals surface area contributed by atoms with Crippen molar-refractivity contribution in [2.45, 2.75) is 26.2 Å². The first-order valence-electron chi connectivity index (χ1n) is 6.97. The molecule has 0 amide bonds. The van der Waals surface area contributed by atoms with Crippen molar-refractivity contribution in [1.29, 1.82) is 0 Å². The summed E-state index contributed by atoms with van der Waals surface area (Å²) in [5.74, 6) is 0.398. The lowest BCUT2D eigenvalue weighted by molar-refractivity contribution is 0.820. The summed E-state index contributed by atoms with van der Waals surface area (Å²) in [4.78, 5) is 5.76. The second kappa shape index (κ2) is 5.78. The van der Waals surface area contributed by atoms with E-state index in [-0.39, 0.29) is 0 Å². The van der Waals surface area contributed by atoms with Gasteiger partial charge in [0.2, 0.25) is 0 Å². The predicted octanol–water partition coefficient (Wildman–Crippen LogP) is 5.36. The monoisotopic (exact) mass is 360 g/mol. The number of nitrogens with zero attached hydrogens (tertiary/aromatic N) is 1. The van der Waals surface area contributed by atoms with Gasteiger partial charge in [-0.1, -0.05) is 60.1 Å². The molecule has 0 spiro atoms. The molecule has 1 aromatic heterocycles. The van der Waals surface area contributed by atoms with Crippen molar-refractivity contribution in [3.8, 4) is 0 Å². The molecule has 4 heteroatoms. The van der Waals surface area contributed by atoms with E-state index >= 15 is 0 Å². The zero-order valence-corrected chi connectivity index (χ0v) is 14.5. The Morgan fingerprint density at radius 1 is 1.14 bits per heavy atom. The van der Waals surface area contributed by atoms with Gasteiger partial charge in [-0.15, -0.1) is 11.3 Å². The minimum absolute atomic E-state index is 0.398. The zero-order chi connectivity index (χ0) is 15.0. The largest absolute Gasteiger partial charge is 0.375 e. The fourth-order valence-corrected chi connectivity index (χ4v) is 4.10. The van der Waals surface area contributed by atoms with Gasteiger partial charge in [0.05, 0.1) is 5.69 Å². The van der Waals surface area contributed by atoms with Gasteiger partial charge in [-0.25, -0.2) is 4.98 Å². The molecule has 21 heavy (non-hydrogen) atoms. The fourth-order valence-electron chi connectivity index (χ4n) is 2.61. The number of nitrogens with two attached hydrogens (primary N) is 1. The Balaban J connectivity index is 2.09. The second-order valence-corrected chi connectivity index (χ2v) is 7.41. The maximum atomic E-state index is 5.91. The lowest BCUT2D eigenvalue weighted by Crippen LogP contribution is -1.96. The molecule has 2 aromatic carbocycles. The number of aromatic nitrogens is 1. The van der Waals surface area contributed by atoms with Gasteiger partial charge in [0.25, 0.3) is 0 Å². The van der Waals surface area contributed by atoms with Gasteiger partial charge in [0.15, 0.2) is 5.13 Å². The second-order valence-electron chi connectivity index (χ2n) is 5.44. The van der Waals surface area contributed by atoms with Crippen LogP contribution in [-0.4, -0.2) is 4.98 Å². The van der Waals surface area contributed by atoms with E-state index in [2.05, 4.69) is 71.2 Å². The highest BCUT2D eigenvalue weighted by Crippen LogP contribution is 2.32. The topological polar surface area (TPSA) is 38.9 Å². The number of thiazole rings is 1. The fraction of sp³-hybridized carbons (Fsp3) is 0.235. The van der Waals surface area contributed by atoms with Gasteiger partial charge in [-0.05, 0) is 28.3 Å². The molecular formula is C17H17BrN2S. The Morgan fingerprint density at radius 2 is 1.86 bits per heavy atom. The lowest BCUT2D eigenvalue weighted by atomic mass is 9.99. The average Bonchev–Trinajstić information content (AvgIpc) is 2.83. The van der Waals surface area contributed by atoms with Crippen molar-refractivity contribution in [3.05, 3.63) is 57.0 Å². The highest BCUT2D eigenvalue weighted by atomic mass is 79.9. The summed E-state index contributed by atoms with van der Waals surface area (Å²) in [6, 6.07) is 12.8. The van der Waals surface area contributed by atoms with Crippen LogP contribution in [0.25, 0.3) is 10.8 Å². The number of hydrogen-bond donors (Lipinski definition) is 1. The molecule has 0 bridgehead atoms. The van der Waals surface area contributed by atoms with Crippen LogP contribution < -0.4 is 5.73 Å². The molecule has 1 heterocycles. The van der Waals surface area contributed by atoms with Crippen molar-refractivity contribution < 1.29 is 0 Å². The third kappa shape index (κ3) is 2.83. The van der Waals surface area contributed by atoms with Gasteiger partial charge in [-0.3, -0.25) is 0 Å². The number of halogens is 1. The van der Waals surface area contributed by atoms with E-state index in [1.165, 1.54) is 21.2 Å². The van der Waals surface area contributed by atoms with Crippen molar-refractivity contribution in [1.82, 2.24) is 4.98 Å². The number of anilines is 1. The Labute approximate surface area is 137 Å². The summed E-state index contributed by atoms with van der Waals surface area (Å²) in [7, 11) is 0. The quantitative estimate of drug-likeness (QED) is 0.682. The van der Waals surface area contributed by atoms with E-state index in [9.17, 15) is 0 Å². The third-order valence-electron chi connectivity index (χ3n) is 3.60. The normalized spacial score (nSPS) is 11.4. The van der Waals surface area contributed by atoms with Gasteiger partial charge < -0.3 is 5.73 Å². The number of nitrogen functional groups attached to an aromatic ring is 1. The van der Waals surface area contributed by atoms with Crippen LogP contribution in [0.1, 0.15) is 35.9 Å². The van der Waals surface area contributed by atoms with Crippen LogP contribution in [-0.2, 0) is 6.42 Å². The SMILES string of the molecule is CC(C)c1nc(N)sc1Cc1ccc(Br)c2ccccc12. The van der Waals surface area contributed by atoms with Crippen LogP contribution in [0, 0.1) is 0 Å². The molecule has 0 atom stereocenters. The summed E-state index contributed by atoms with van der Waals surface area (Å²) in [6.07, 6.45) is 0.885. The molecule has 0 aliphatic heterocycles. The van der Waals surface area contributed by atoms with E-state index in [4.69, 9.17) is 5.73 Å². The molecule has 0 radical (unpaired) electrons. The molecule has 0 saturated heterocycles. The molecule has 0 aliphatic carbocycles. The van der Waals surface area contributed by atoms with Crippen LogP contribution in [0.15, 0.2) is 40.9 Å². The molecule has 2 N–H and O–H groups in total. The third-order valence-corrected chi connectivity index (χ3v) is 5.19. The molecule has 0 unspecified atom stereocenters. The van der Waals surface area contributed by atoms with Crippen molar-refractivity contribution in [2.24, 2.45) is 0 Å². The molecule has 2 nitrogen and oxygen atoms in total. The Bertz CT molecular complexity index is 793. The molecule has 3 aromatic rings. The smallest absolute Gasteiger partial charge is 0.180 e. The molecule has 0 saturated carbocycles. The van der Waals surface area contributed by atoms with Gasteiger partial charge >= 0.3 is 0 Å². The first kappa shape index (κ1) is 14.5. The van der Waals surface area contributed by atoms with Crippen LogP contribution in [0.5, 0.6) is 0 Å². The zero-order valence-electron chi connectivity index (χ0n) is 12.1. The summed E-state index contributed by atoms with van der Waals surface area (Å²) >= 11 is 5.23. The minimum Gasteiger partial charge on any atom is -0.375 e. The maximum absolute atomic E-state index is 5.91. The summed E-state index contributed by atoms with van der Waals surface area (Å²) in [5, 5.41) is 3.20. The van der Waals surface area contributed by atoms with E-state index in [0.717, 1.165) is 16.6 Å². The summed E-state index contributed by atoms with van der Waals surface area (Å²) < 4.78 is 1.13.